The minimum Gasteiger partial charge on any atom is -0.462 e. The summed E-state index contributed by atoms with van der Waals surface area (Å²) in [5.74, 6) is -2.29. The van der Waals surface area contributed by atoms with Crippen LogP contribution in [0.2, 0.25) is 0 Å². The van der Waals surface area contributed by atoms with Gasteiger partial charge in [0.2, 0.25) is 0 Å². The van der Waals surface area contributed by atoms with E-state index in [2.05, 4.69) is 149 Å². The number of aliphatic hydroxyl groups excluding tert-OH is 1. The first-order valence-corrected chi connectivity index (χ1v) is 41.4. The standard InChI is InChI=1S/C81H136O17P2/c1-5-9-13-17-21-25-29-32-34-36-37-39-41-44-47-50-54-58-62-66-78(83)91-71-76(97-80(85)67-63-59-55-51-45-28-24-20-16-12-8-4)73-95-99(87,88)93-69-75(82)70-94-100(89,90)96-74-77(98-81(86)68-64-60-56-52-48-42-31-27-23-19-15-11-7-3)72-92-79(84)65-61-57-53-49-46-43-40-38-35-33-30-26-22-18-14-10-6-2/h9-10,13-14,20-22,24-26,32-35,37,39-40,43-44,47,49,53,75-77,82H,5-8,11-12,15-19,23,27-31,36,38,41-42,45-46,48,50-52,54-74H2,1-4H3,(H,87,88)(H,89,90)/b13-9-,14-10-,24-20-,25-21-,26-22-,34-32-,35-33-,39-37-,43-40-,47-44-,53-49-. The van der Waals surface area contributed by atoms with Crippen molar-refractivity contribution in [2.24, 2.45) is 0 Å². The minimum absolute atomic E-state index is 0.0728. The number of allylic oxidation sites excluding steroid dienone is 22. The third-order valence-electron chi connectivity index (χ3n) is 15.6. The van der Waals surface area contributed by atoms with Crippen molar-refractivity contribution in [2.45, 2.75) is 316 Å². The molecule has 0 aromatic rings. The second-order valence-electron chi connectivity index (χ2n) is 25.2. The molecule has 17 nitrogen and oxygen atoms in total. The van der Waals surface area contributed by atoms with Gasteiger partial charge >= 0.3 is 39.5 Å². The number of unbranched alkanes of at least 4 members (excludes halogenated alkanes) is 23. The van der Waals surface area contributed by atoms with Gasteiger partial charge in [0.1, 0.15) is 19.3 Å². The highest BCUT2D eigenvalue weighted by Gasteiger charge is 2.30. The fourth-order valence-corrected chi connectivity index (χ4v) is 11.4. The highest BCUT2D eigenvalue weighted by molar-refractivity contribution is 7.47. The number of hydrogen-bond donors (Lipinski definition) is 3. The molecule has 5 unspecified atom stereocenters. The van der Waals surface area contributed by atoms with Gasteiger partial charge in [0.05, 0.1) is 26.4 Å². The molecular formula is C81H136O17P2. The Morgan fingerprint density at radius 1 is 0.290 bits per heavy atom. The van der Waals surface area contributed by atoms with Crippen molar-refractivity contribution in [2.75, 3.05) is 39.6 Å². The van der Waals surface area contributed by atoms with Crippen LogP contribution in [-0.2, 0) is 65.4 Å². The Kier molecular flexibility index (Phi) is 69.1. The summed E-state index contributed by atoms with van der Waals surface area (Å²) < 4.78 is 68.4. The lowest BCUT2D eigenvalue weighted by Gasteiger charge is -2.21. The quantitative estimate of drug-likeness (QED) is 0.0169. The maximum atomic E-state index is 13.1. The van der Waals surface area contributed by atoms with Gasteiger partial charge < -0.3 is 33.8 Å². The van der Waals surface area contributed by atoms with Crippen LogP contribution in [0.15, 0.2) is 134 Å². The van der Waals surface area contributed by atoms with Crippen molar-refractivity contribution in [3.8, 4) is 0 Å². The lowest BCUT2D eigenvalue weighted by molar-refractivity contribution is -0.161. The largest absolute Gasteiger partial charge is 0.472 e. The second kappa shape index (κ2) is 72.5. The number of esters is 4. The Morgan fingerprint density at radius 2 is 0.540 bits per heavy atom. The van der Waals surface area contributed by atoms with Crippen molar-refractivity contribution >= 4 is 39.5 Å². The molecule has 100 heavy (non-hydrogen) atoms. The van der Waals surface area contributed by atoms with Gasteiger partial charge in [-0.15, -0.1) is 0 Å². The van der Waals surface area contributed by atoms with E-state index in [1.165, 1.54) is 64.2 Å². The number of phosphoric ester groups is 2. The molecule has 0 aliphatic carbocycles. The van der Waals surface area contributed by atoms with Gasteiger partial charge in [-0.2, -0.15) is 0 Å². The summed E-state index contributed by atoms with van der Waals surface area (Å²) in [6.45, 7) is 4.49. The van der Waals surface area contributed by atoms with Crippen molar-refractivity contribution in [1.29, 1.82) is 0 Å². The van der Waals surface area contributed by atoms with Gasteiger partial charge in [0.15, 0.2) is 12.2 Å². The van der Waals surface area contributed by atoms with Crippen LogP contribution in [0.5, 0.6) is 0 Å². The molecule has 0 amide bonds. The monoisotopic (exact) mass is 1440 g/mol. The molecule has 0 aliphatic rings. The second-order valence-corrected chi connectivity index (χ2v) is 28.1. The molecule has 0 heterocycles. The molecule has 19 heteroatoms. The molecule has 0 radical (unpaired) electrons. The normalized spacial score (nSPS) is 14.7. The van der Waals surface area contributed by atoms with Gasteiger partial charge in [0, 0.05) is 25.7 Å². The van der Waals surface area contributed by atoms with E-state index in [-0.39, 0.29) is 25.7 Å². The van der Waals surface area contributed by atoms with E-state index < -0.39 is 97.5 Å². The van der Waals surface area contributed by atoms with Gasteiger partial charge in [-0.25, -0.2) is 9.13 Å². The first kappa shape index (κ1) is 95.2. The summed E-state index contributed by atoms with van der Waals surface area (Å²) in [7, 11) is -9.98. The van der Waals surface area contributed by atoms with Gasteiger partial charge in [-0.3, -0.25) is 37.3 Å². The predicted molar refractivity (Wildman–Crippen MR) is 408 cm³/mol. The maximum absolute atomic E-state index is 13.1. The van der Waals surface area contributed by atoms with Gasteiger partial charge in [-0.05, 0) is 128 Å². The van der Waals surface area contributed by atoms with Crippen molar-refractivity contribution in [3.05, 3.63) is 134 Å². The van der Waals surface area contributed by atoms with Crippen molar-refractivity contribution in [1.82, 2.24) is 0 Å². The van der Waals surface area contributed by atoms with E-state index in [1.807, 2.05) is 12.2 Å². The van der Waals surface area contributed by atoms with E-state index in [9.17, 15) is 43.2 Å². The molecule has 0 aliphatic heterocycles. The van der Waals surface area contributed by atoms with E-state index in [0.29, 0.717) is 32.1 Å². The average molecular weight is 1440 g/mol. The Balaban J connectivity index is 5.38. The average Bonchev–Trinajstić information content (AvgIpc) is 1.02. The lowest BCUT2D eigenvalue weighted by atomic mass is 10.0. The summed E-state index contributed by atoms with van der Waals surface area (Å²) in [4.78, 5) is 72.8. The fourth-order valence-electron chi connectivity index (χ4n) is 9.79. The Hall–Kier alpha value is -4.80. The molecule has 0 aromatic carbocycles. The highest BCUT2D eigenvalue weighted by Crippen LogP contribution is 2.45. The number of ether oxygens (including phenoxy) is 4. The predicted octanol–water partition coefficient (Wildman–Crippen LogP) is 22.1. The first-order valence-electron chi connectivity index (χ1n) is 38.4. The summed E-state index contributed by atoms with van der Waals surface area (Å²) in [6.07, 6.45) is 80.3. The number of phosphoric acid groups is 2. The van der Waals surface area contributed by atoms with E-state index >= 15 is 0 Å². The maximum Gasteiger partial charge on any atom is 0.472 e. The zero-order chi connectivity index (χ0) is 73.2. The molecule has 0 spiro atoms. The van der Waals surface area contributed by atoms with Crippen LogP contribution in [0, 0.1) is 0 Å². The molecule has 0 aromatic heterocycles. The molecule has 0 rings (SSSR count). The van der Waals surface area contributed by atoms with E-state index in [4.69, 9.17) is 37.0 Å². The van der Waals surface area contributed by atoms with Crippen LogP contribution in [0.1, 0.15) is 297 Å². The number of carbonyl (C=O) groups is 4. The molecule has 0 bridgehead atoms. The molecule has 3 N–H and O–H groups in total. The third-order valence-corrected chi connectivity index (χ3v) is 17.5. The van der Waals surface area contributed by atoms with Crippen LogP contribution >= 0.6 is 15.6 Å². The summed E-state index contributed by atoms with van der Waals surface area (Å²) >= 11 is 0. The molecule has 0 saturated heterocycles. The smallest absolute Gasteiger partial charge is 0.462 e. The topological polar surface area (TPSA) is 237 Å². The third kappa shape index (κ3) is 71.6. The van der Waals surface area contributed by atoms with Crippen LogP contribution < -0.4 is 0 Å². The first-order chi connectivity index (χ1) is 48.7. The Bertz CT molecular complexity index is 2420. The van der Waals surface area contributed by atoms with Crippen LogP contribution in [-0.4, -0.2) is 96.7 Å². The summed E-state index contributed by atoms with van der Waals surface area (Å²) in [5.41, 5.74) is 0. The SMILES string of the molecule is CC/C=C\C/C=C\C/C=C\C/C=C\C/C=C\CCCCCC(=O)OCC(COP(=O)(O)OCC(O)COP(=O)(O)OCC(COC(=O)CCC/C=C\C/C=C\C/C=C\C/C=C\C/C=C\CC)OC(=O)CCCCCCCCCCCCCCC)OC(=O)CCCCCCC/C=C\CCCC. The zero-order valence-electron chi connectivity index (χ0n) is 62.3. The number of hydrogen-bond acceptors (Lipinski definition) is 15. The van der Waals surface area contributed by atoms with Crippen LogP contribution in [0.25, 0.3) is 0 Å². The number of aliphatic hydroxyl groups is 1. The summed E-state index contributed by atoms with van der Waals surface area (Å²) in [6, 6.07) is 0. The minimum atomic E-state index is -4.99. The van der Waals surface area contributed by atoms with Gasteiger partial charge in [0.25, 0.3) is 0 Å². The number of carbonyl (C=O) groups excluding carboxylic acids is 4. The molecule has 572 valence electrons. The van der Waals surface area contributed by atoms with E-state index in [0.717, 1.165) is 148 Å². The Labute approximate surface area is 605 Å². The lowest BCUT2D eigenvalue weighted by Crippen LogP contribution is -2.30. The fraction of sp³-hybridized carbons (Fsp3) is 0.679. The molecule has 0 saturated carbocycles. The van der Waals surface area contributed by atoms with Crippen LogP contribution in [0.4, 0.5) is 0 Å². The molecule has 5 atom stereocenters. The molecular weight excluding hydrogens is 1310 g/mol. The summed E-state index contributed by atoms with van der Waals surface area (Å²) in [5, 5.41) is 10.6. The Morgan fingerprint density at radius 3 is 0.890 bits per heavy atom. The van der Waals surface area contributed by atoms with Crippen LogP contribution in [0.3, 0.4) is 0 Å². The van der Waals surface area contributed by atoms with Gasteiger partial charge in [-0.1, -0.05) is 277 Å². The van der Waals surface area contributed by atoms with Crippen molar-refractivity contribution < 1.29 is 80.2 Å². The van der Waals surface area contributed by atoms with Crippen molar-refractivity contribution in [3.63, 3.8) is 0 Å². The molecule has 0 fully saturated rings. The zero-order valence-corrected chi connectivity index (χ0v) is 64.1. The number of rotatable bonds is 71. The van der Waals surface area contributed by atoms with E-state index in [1.54, 1.807) is 0 Å². The highest BCUT2D eigenvalue weighted by atomic mass is 31.2.